The minimum atomic E-state index is -0.389. The number of amides is 1. The van der Waals surface area contributed by atoms with Gasteiger partial charge < -0.3 is 10.1 Å². The molecule has 2 N–H and O–H groups in total. The van der Waals surface area contributed by atoms with E-state index >= 15 is 0 Å². The Kier molecular flexibility index (Phi) is 4.20. The smallest absolute Gasteiger partial charge is 0.411 e. The highest BCUT2D eigenvalue weighted by Crippen LogP contribution is 2.29. The number of hydrogen-bond acceptors (Lipinski definition) is 3. The Morgan fingerprint density at radius 2 is 2.33 bits per heavy atom. The van der Waals surface area contributed by atoms with Crippen molar-refractivity contribution in [3.8, 4) is 0 Å². The van der Waals surface area contributed by atoms with Crippen molar-refractivity contribution in [3.05, 3.63) is 29.3 Å². The van der Waals surface area contributed by atoms with Gasteiger partial charge in [-0.25, -0.2) is 4.79 Å². The van der Waals surface area contributed by atoms with Crippen molar-refractivity contribution >= 4 is 11.8 Å². The van der Waals surface area contributed by atoms with Gasteiger partial charge in [0.2, 0.25) is 0 Å². The van der Waals surface area contributed by atoms with Crippen LogP contribution in [0.15, 0.2) is 18.2 Å². The molecule has 1 heterocycles. The van der Waals surface area contributed by atoms with Gasteiger partial charge in [0.1, 0.15) is 0 Å². The topological polar surface area (TPSA) is 50.4 Å². The summed E-state index contributed by atoms with van der Waals surface area (Å²) in [6.07, 6.45) is 0.711. The van der Waals surface area contributed by atoms with Crippen LogP contribution in [0.25, 0.3) is 0 Å². The Labute approximate surface area is 108 Å². The highest BCUT2D eigenvalue weighted by atomic mass is 16.5. The lowest BCUT2D eigenvalue weighted by molar-refractivity contribution is 0.168. The van der Waals surface area contributed by atoms with Crippen LogP contribution < -0.4 is 10.6 Å². The number of rotatable bonds is 3. The van der Waals surface area contributed by atoms with Crippen molar-refractivity contribution in [2.75, 3.05) is 18.5 Å². The number of ether oxygens (including phenoxy) is 1. The normalized spacial score (nSPS) is 18.0. The van der Waals surface area contributed by atoms with E-state index in [1.54, 1.807) is 6.92 Å². The highest BCUT2D eigenvalue weighted by Gasteiger charge is 2.18. The summed E-state index contributed by atoms with van der Waals surface area (Å²) in [6, 6.07) is 6.07. The molecule has 0 aliphatic carbocycles. The SMILES string of the molecule is CCOC(=O)Nc1ccc2c(c1)C(CC)CNC2. The molecule has 18 heavy (non-hydrogen) atoms. The minimum Gasteiger partial charge on any atom is -0.450 e. The largest absolute Gasteiger partial charge is 0.450 e. The van der Waals surface area contributed by atoms with E-state index in [1.807, 2.05) is 6.07 Å². The Bertz CT molecular complexity index is 432. The van der Waals surface area contributed by atoms with Gasteiger partial charge in [0, 0.05) is 18.8 Å². The van der Waals surface area contributed by atoms with Gasteiger partial charge in [-0.2, -0.15) is 0 Å². The minimum absolute atomic E-state index is 0.387. The quantitative estimate of drug-likeness (QED) is 0.864. The van der Waals surface area contributed by atoms with Crippen LogP contribution in [0.1, 0.15) is 37.3 Å². The van der Waals surface area contributed by atoms with Crippen molar-refractivity contribution in [2.45, 2.75) is 32.7 Å². The fourth-order valence-electron chi connectivity index (χ4n) is 2.35. The highest BCUT2D eigenvalue weighted by molar-refractivity contribution is 5.84. The number of carbonyl (C=O) groups excluding carboxylic acids is 1. The van der Waals surface area contributed by atoms with Gasteiger partial charge in [0.05, 0.1) is 6.61 Å². The Morgan fingerprint density at radius 1 is 1.50 bits per heavy atom. The zero-order chi connectivity index (χ0) is 13.0. The lowest BCUT2D eigenvalue weighted by atomic mass is 9.89. The van der Waals surface area contributed by atoms with E-state index in [0.717, 1.165) is 25.2 Å². The maximum atomic E-state index is 11.4. The summed E-state index contributed by atoms with van der Waals surface area (Å²) in [5, 5.41) is 6.17. The lowest BCUT2D eigenvalue weighted by Gasteiger charge is -2.26. The second kappa shape index (κ2) is 5.87. The van der Waals surface area contributed by atoms with Gasteiger partial charge in [0.25, 0.3) is 0 Å². The van der Waals surface area contributed by atoms with Crippen LogP contribution in [-0.4, -0.2) is 19.2 Å². The maximum Gasteiger partial charge on any atom is 0.411 e. The van der Waals surface area contributed by atoms with E-state index < -0.39 is 0 Å². The number of benzene rings is 1. The molecule has 4 nitrogen and oxygen atoms in total. The first-order valence-corrected chi connectivity index (χ1v) is 6.52. The van der Waals surface area contributed by atoms with Crippen LogP contribution in [0.2, 0.25) is 0 Å². The van der Waals surface area contributed by atoms with Crippen LogP contribution in [-0.2, 0) is 11.3 Å². The molecule has 1 amide bonds. The first-order chi connectivity index (χ1) is 8.74. The van der Waals surface area contributed by atoms with E-state index in [9.17, 15) is 4.79 Å². The number of nitrogens with one attached hydrogen (secondary N) is 2. The number of hydrogen-bond donors (Lipinski definition) is 2. The number of fused-ring (bicyclic) bond motifs is 1. The van der Waals surface area contributed by atoms with Crippen molar-refractivity contribution in [1.82, 2.24) is 5.32 Å². The molecule has 0 radical (unpaired) electrons. The van der Waals surface area contributed by atoms with E-state index in [1.165, 1.54) is 11.1 Å². The van der Waals surface area contributed by atoms with Crippen LogP contribution in [0.5, 0.6) is 0 Å². The van der Waals surface area contributed by atoms with E-state index in [2.05, 4.69) is 29.7 Å². The summed E-state index contributed by atoms with van der Waals surface area (Å²) in [7, 11) is 0. The molecule has 1 aliphatic rings. The predicted octanol–water partition coefficient (Wildman–Crippen LogP) is 2.85. The third-order valence-electron chi connectivity index (χ3n) is 3.31. The van der Waals surface area contributed by atoms with Crippen molar-refractivity contribution in [1.29, 1.82) is 0 Å². The standard InChI is InChI=1S/C14H20N2O2/c1-3-10-8-15-9-11-5-6-12(7-13(10)11)16-14(17)18-4-2/h5-7,10,15H,3-4,8-9H2,1-2H3,(H,16,17). The molecule has 0 spiro atoms. The maximum absolute atomic E-state index is 11.4. The molecule has 1 unspecified atom stereocenters. The second-order valence-corrected chi connectivity index (χ2v) is 4.50. The molecular formula is C14H20N2O2. The van der Waals surface area contributed by atoms with E-state index in [4.69, 9.17) is 4.74 Å². The summed E-state index contributed by atoms with van der Waals surface area (Å²) in [5.41, 5.74) is 3.47. The van der Waals surface area contributed by atoms with Crippen molar-refractivity contribution in [3.63, 3.8) is 0 Å². The molecule has 98 valence electrons. The predicted molar refractivity (Wildman–Crippen MR) is 71.8 cm³/mol. The summed E-state index contributed by atoms with van der Waals surface area (Å²) in [6.45, 7) is 6.29. The van der Waals surface area contributed by atoms with E-state index in [0.29, 0.717) is 12.5 Å². The molecule has 0 fully saturated rings. The molecule has 0 bridgehead atoms. The van der Waals surface area contributed by atoms with Crippen LogP contribution in [0.4, 0.5) is 10.5 Å². The van der Waals surface area contributed by atoms with Crippen molar-refractivity contribution < 1.29 is 9.53 Å². The van der Waals surface area contributed by atoms with Gasteiger partial charge in [-0.1, -0.05) is 13.0 Å². The van der Waals surface area contributed by atoms with Crippen LogP contribution >= 0.6 is 0 Å². The van der Waals surface area contributed by atoms with Crippen LogP contribution in [0, 0.1) is 0 Å². The molecule has 0 saturated heterocycles. The fourth-order valence-corrected chi connectivity index (χ4v) is 2.35. The average Bonchev–Trinajstić information content (AvgIpc) is 2.38. The lowest BCUT2D eigenvalue weighted by Crippen LogP contribution is -2.28. The van der Waals surface area contributed by atoms with Crippen molar-refractivity contribution in [2.24, 2.45) is 0 Å². The van der Waals surface area contributed by atoms with Crippen LogP contribution in [0.3, 0.4) is 0 Å². The molecule has 0 aromatic heterocycles. The first-order valence-electron chi connectivity index (χ1n) is 6.52. The van der Waals surface area contributed by atoms with Gasteiger partial charge in [-0.05, 0) is 42.5 Å². The molecule has 1 aromatic rings. The first kappa shape index (κ1) is 12.9. The summed E-state index contributed by atoms with van der Waals surface area (Å²) >= 11 is 0. The zero-order valence-corrected chi connectivity index (χ0v) is 11.0. The molecule has 0 saturated carbocycles. The monoisotopic (exact) mass is 248 g/mol. The number of carbonyl (C=O) groups is 1. The molecular weight excluding hydrogens is 228 g/mol. The Balaban J connectivity index is 2.17. The van der Waals surface area contributed by atoms with Gasteiger partial charge in [-0.15, -0.1) is 0 Å². The fraction of sp³-hybridized carbons (Fsp3) is 0.500. The molecule has 1 aromatic carbocycles. The molecule has 1 atom stereocenters. The second-order valence-electron chi connectivity index (χ2n) is 4.50. The van der Waals surface area contributed by atoms with Gasteiger partial charge >= 0.3 is 6.09 Å². The molecule has 4 heteroatoms. The molecule has 1 aliphatic heterocycles. The Morgan fingerprint density at radius 3 is 3.06 bits per heavy atom. The zero-order valence-electron chi connectivity index (χ0n) is 11.0. The summed E-state index contributed by atoms with van der Waals surface area (Å²) in [5.74, 6) is 0.526. The molecule has 2 rings (SSSR count). The summed E-state index contributed by atoms with van der Waals surface area (Å²) in [4.78, 5) is 11.4. The van der Waals surface area contributed by atoms with E-state index in [-0.39, 0.29) is 6.09 Å². The Hall–Kier alpha value is -1.55. The van der Waals surface area contributed by atoms with Gasteiger partial charge in [-0.3, -0.25) is 5.32 Å². The third-order valence-corrected chi connectivity index (χ3v) is 3.31. The average molecular weight is 248 g/mol. The number of anilines is 1. The van der Waals surface area contributed by atoms with Gasteiger partial charge in [0.15, 0.2) is 0 Å². The third kappa shape index (κ3) is 2.82. The summed E-state index contributed by atoms with van der Waals surface area (Å²) < 4.78 is 4.88.